The summed E-state index contributed by atoms with van der Waals surface area (Å²) < 4.78 is 40.6. The van der Waals surface area contributed by atoms with Crippen molar-refractivity contribution in [2.75, 3.05) is 13.7 Å². The second kappa shape index (κ2) is 9.70. The fraction of sp³-hybridized carbons (Fsp3) is 0.519. The predicted molar refractivity (Wildman–Crippen MR) is 122 cm³/mol. The Morgan fingerprint density at radius 2 is 1.82 bits per heavy atom. The minimum Gasteiger partial charge on any atom is -0.497 e. The second-order valence-electron chi connectivity index (χ2n) is 9.68. The molecule has 4 rings (SSSR count). The monoisotopic (exact) mass is 458 g/mol. The minimum atomic E-state index is -2.31. The van der Waals surface area contributed by atoms with Crippen molar-refractivity contribution in [2.45, 2.75) is 63.0 Å². The standard InChI is InChI=1S/C27H32F2O4/c1-27(29,26(30)31)25(19-10-11-19)20-4-3-5-22(14-20)33-16-17-6-8-18(9-7-17)23-15-21(32-2)12-13-24(23)28/h3-5,12-15,17-19,25H,6-11,16H2,1-2H3,(H,30,31)/t17-,18-,25-,27+/m0/s1. The lowest BCUT2D eigenvalue weighted by Crippen LogP contribution is -2.38. The summed E-state index contributed by atoms with van der Waals surface area (Å²) in [6, 6.07) is 12.1. The van der Waals surface area contributed by atoms with Gasteiger partial charge in [0.1, 0.15) is 17.3 Å². The van der Waals surface area contributed by atoms with E-state index in [1.807, 2.05) is 6.07 Å². The number of ether oxygens (including phenoxy) is 2. The van der Waals surface area contributed by atoms with Crippen LogP contribution < -0.4 is 9.47 Å². The van der Waals surface area contributed by atoms with Crippen molar-refractivity contribution >= 4 is 5.97 Å². The van der Waals surface area contributed by atoms with Crippen LogP contribution in [0.4, 0.5) is 8.78 Å². The number of hydrogen-bond donors (Lipinski definition) is 1. The molecule has 0 bridgehead atoms. The molecule has 0 unspecified atom stereocenters. The summed E-state index contributed by atoms with van der Waals surface area (Å²) in [6.07, 6.45) is 5.35. The predicted octanol–water partition coefficient (Wildman–Crippen LogP) is 6.49. The van der Waals surface area contributed by atoms with Crippen molar-refractivity contribution in [3.63, 3.8) is 0 Å². The first-order chi connectivity index (χ1) is 15.8. The summed E-state index contributed by atoms with van der Waals surface area (Å²) in [7, 11) is 1.59. The van der Waals surface area contributed by atoms with Gasteiger partial charge < -0.3 is 14.6 Å². The van der Waals surface area contributed by atoms with E-state index in [1.54, 1.807) is 37.4 Å². The lowest BCUT2D eigenvalue weighted by Gasteiger charge is -2.29. The van der Waals surface area contributed by atoms with Crippen molar-refractivity contribution in [3.05, 3.63) is 59.4 Å². The third-order valence-electron chi connectivity index (χ3n) is 7.29. The first-order valence-electron chi connectivity index (χ1n) is 11.8. The van der Waals surface area contributed by atoms with Gasteiger partial charge in [-0.05, 0) is 105 Å². The zero-order valence-electron chi connectivity index (χ0n) is 19.2. The number of carbonyl (C=O) groups is 1. The van der Waals surface area contributed by atoms with E-state index >= 15 is 4.39 Å². The Bertz CT molecular complexity index is 978. The number of halogens is 2. The zero-order chi connectivity index (χ0) is 23.6. The Morgan fingerprint density at radius 1 is 1.09 bits per heavy atom. The summed E-state index contributed by atoms with van der Waals surface area (Å²) in [6.45, 7) is 1.70. The Labute approximate surface area is 193 Å². The Balaban J connectivity index is 1.36. The average Bonchev–Trinajstić information content (AvgIpc) is 3.63. The highest BCUT2D eigenvalue weighted by Gasteiger charge is 2.50. The molecule has 33 heavy (non-hydrogen) atoms. The molecule has 6 heteroatoms. The van der Waals surface area contributed by atoms with Crippen LogP contribution in [0.15, 0.2) is 42.5 Å². The van der Waals surface area contributed by atoms with Crippen LogP contribution in [0, 0.1) is 17.7 Å². The molecular formula is C27H32F2O4. The van der Waals surface area contributed by atoms with Crippen LogP contribution in [0.3, 0.4) is 0 Å². The summed E-state index contributed by atoms with van der Waals surface area (Å²) in [5.74, 6) is -0.367. The molecule has 2 atom stereocenters. The molecule has 2 aliphatic carbocycles. The van der Waals surface area contributed by atoms with Gasteiger partial charge in [-0.15, -0.1) is 0 Å². The van der Waals surface area contributed by atoms with E-state index in [4.69, 9.17) is 9.47 Å². The van der Waals surface area contributed by atoms with Crippen molar-refractivity contribution in [1.82, 2.24) is 0 Å². The molecule has 0 radical (unpaired) electrons. The fourth-order valence-electron chi connectivity index (χ4n) is 5.20. The summed E-state index contributed by atoms with van der Waals surface area (Å²) >= 11 is 0. The Hall–Kier alpha value is -2.63. The molecule has 2 aliphatic rings. The van der Waals surface area contributed by atoms with E-state index < -0.39 is 17.6 Å². The molecule has 1 N–H and O–H groups in total. The average molecular weight is 459 g/mol. The van der Waals surface area contributed by atoms with Crippen molar-refractivity contribution < 1.29 is 28.2 Å². The van der Waals surface area contributed by atoms with Gasteiger partial charge in [0, 0.05) is 5.92 Å². The van der Waals surface area contributed by atoms with Gasteiger partial charge in [-0.3, -0.25) is 0 Å². The second-order valence-corrected chi connectivity index (χ2v) is 9.68. The molecule has 0 aromatic heterocycles. The molecule has 178 valence electrons. The van der Waals surface area contributed by atoms with Gasteiger partial charge in [0.15, 0.2) is 0 Å². The molecule has 0 heterocycles. The number of carboxylic acids is 1. The first-order valence-corrected chi connectivity index (χ1v) is 11.8. The summed E-state index contributed by atoms with van der Waals surface area (Å²) in [4.78, 5) is 11.5. The largest absolute Gasteiger partial charge is 0.497 e. The van der Waals surface area contributed by atoms with Crippen LogP contribution in [-0.2, 0) is 4.79 Å². The Morgan fingerprint density at radius 3 is 2.45 bits per heavy atom. The lowest BCUT2D eigenvalue weighted by atomic mass is 9.79. The number of rotatable bonds is 9. The first kappa shape index (κ1) is 23.5. The van der Waals surface area contributed by atoms with Crippen LogP contribution in [-0.4, -0.2) is 30.5 Å². The van der Waals surface area contributed by atoms with E-state index in [0.29, 0.717) is 29.6 Å². The molecule has 2 aromatic carbocycles. The zero-order valence-corrected chi connectivity index (χ0v) is 19.2. The van der Waals surface area contributed by atoms with Crippen LogP contribution >= 0.6 is 0 Å². The molecule has 2 aromatic rings. The molecule has 0 aliphatic heterocycles. The minimum absolute atomic E-state index is 0.0543. The van der Waals surface area contributed by atoms with Crippen LogP contribution in [0.1, 0.15) is 68.4 Å². The number of carboxylic acid groups (broad SMARTS) is 1. The third kappa shape index (κ3) is 5.31. The van der Waals surface area contributed by atoms with Gasteiger partial charge in [-0.1, -0.05) is 12.1 Å². The van der Waals surface area contributed by atoms with Crippen molar-refractivity contribution in [3.8, 4) is 11.5 Å². The van der Waals surface area contributed by atoms with Crippen molar-refractivity contribution in [1.29, 1.82) is 0 Å². The molecule has 2 saturated carbocycles. The molecule has 0 amide bonds. The molecule has 2 fully saturated rings. The lowest BCUT2D eigenvalue weighted by molar-refractivity contribution is -0.151. The number of aliphatic carboxylic acids is 1. The highest BCUT2D eigenvalue weighted by Crippen LogP contribution is 2.50. The normalized spacial score (nSPS) is 23.4. The SMILES string of the molecule is COc1ccc(F)c([C@H]2CC[C@H](COc3cccc([C@H](C4CC4)[C@@](C)(F)C(=O)O)c3)CC2)c1. The highest BCUT2D eigenvalue weighted by molar-refractivity contribution is 5.78. The van der Waals surface area contributed by atoms with E-state index in [1.165, 1.54) is 6.07 Å². The molecule has 4 nitrogen and oxygen atoms in total. The van der Waals surface area contributed by atoms with E-state index in [-0.39, 0.29) is 17.7 Å². The number of methoxy groups -OCH3 is 1. The maximum atomic E-state index is 15.0. The van der Waals surface area contributed by atoms with E-state index in [0.717, 1.165) is 51.0 Å². The number of benzene rings is 2. The smallest absolute Gasteiger partial charge is 0.341 e. The van der Waals surface area contributed by atoms with Gasteiger partial charge in [-0.25, -0.2) is 13.6 Å². The summed E-state index contributed by atoms with van der Waals surface area (Å²) in [5.41, 5.74) is -0.909. The van der Waals surface area contributed by atoms with Crippen LogP contribution in [0.2, 0.25) is 0 Å². The van der Waals surface area contributed by atoms with Gasteiger partial charge in [0.25, 0.3) is 0 Å². The van der Waals surface area contributed by atoms with Gasteiger partial charge in [0.2, 0.25) is 5.67 Å². The molecule has 0 spiro atoms. The van der Waals surface area contributed by atoms with Crippen molar-refractivity contribution in [2.24, 2.45) is 11.8 Å². The van der Waals surface area contributed by atoms with Gasteiger partial charge >= 0.3 is 5.97 Å². The highest BCUT2D eigenvalue weighted by atomic mass is 19.1. The summed E-state index contributed by atoms with van der Waals surface area (Å²) in [5, 5.41) is 9.41. The van der Waals surface area contributed by atoms with Gasteiger partial charge in [-0.2, -0.15) is 0 Å². The van der Waals surface area contributed by atoms with E-state index in [2.05, 4.69) is 0 Å². The maximum Gasteiger partial charge on any atom is 0.341 e. The maximum absolute atomic E-state index is 15.0. The quantitative estimate of drug-likeness (QED) is 0.466. The van der Waals surface area contributed by atoms with Crippen LogP contribution in [0.5, 0.6) is 11.5 Å². The molecular weight excluding hydrogens is 426 g/mol. The molecule has 0 saturated heterocycles. The van der Waals surface area contributed by atoms with E-state index in [9.17, 15) is 14.3 Å². The third-order valence-corrected chi connectivity index (χ3v) is 7.29. The number of alkyl halides is 1. The Kier molecular flexibility index (Phi) is 6.91. The fourth-order valence-corrected chi connectivity index (χ4v) is 5.20. The topological polar surface area (TPSA) is 55.8 Å². The number of hydrogen-bond acceptors (Lipinski definition) is 3. The van der Waals surface area contributed by atoms with Crippen LogP contribution in [0.25, 0.3) is 0 Å². The van der Waals surface area contributed by atoms with Gasteiger partial charge in [0.05, 0.1) is 13.7 Å².